The van der Waals surface area contributed by atoms with E-state index >= 15 is 0 Å². The molecule has 1 saturated heterocycles. The number of carboxylic acids is 1. The van der Waals surface area contributed by atoms with E-state index < -0.39 is 5.97 Å². The van der Waals surface area contributed by atoms with Gasteiger partial charge in [0, 0.05) is 5.56 Å². The van der Waals surface area contributed by atoms with Crippen LogP contribution in [0.2, 0.25) is 0 Å². The van der Waals surface area contributed by atoms with E-state index in [0.29, 0.717) is 13.2 Å². The Hall–Kier alpha value is -1.39. The summed E-state index contributed by atoms with van der Waals surface area (Å²) < 4.78 is 10.9. The summed E-state index contributed by atoms with van der Waals surface area (Å²) in [5.41, 5.74) is 1.65. The van der Waals surface area contributed by atoms with Crippen LogP contribution in [0.4, 0.5) is 0 Å². The Morgan fingerprint density at radius 1 is 1.38 bits per heavy atom. The molecule has 1 fully saturated rings. The van der Waals surface area contributed by atoms with E-state index in [-0.39, 0.29) is 12.7 Å². The average Bonchev–Trinajstić information content (AvgIpc) is 2.30. The molecule has 2 rings (SSSR count). The number of benzene rings is 1. The summed E-state index contributed by atoms with van der Waals surface area (Å²) in [5, 5.41) is 8.71. The van der Waals surface area contributed by atoms with Gasteiger partial charge in [-0.25, -0.2) is 0 Å². The molecule has 0 atom stereocenters. The van der Waals surface area contributed by atoms with Gasteiger partial charge in [0.1, 0.15) is 0 Å². The molecule has 1 N–H and O–H groups in total. The maximum atomic E-state index is 10.6. The maximum absolute atomic E-state index is 10.6. The smallest absolute Gasteiger partial charge is 0.307 e. The fourth-order valence-corrected chi connectivity index (χ4v) is 1.70. The second-order valence-corrected chi connectivity index (χ2v) is 3.74. The van der Waals surface area contributed by atoms with Gasteiger partial charge in [0.25, 0.3) is 0 Å². The van der Waals surface area contributed by atoms with E-state index in [1.54, 1.807) is 6.07 Å². The molecule has 0 aromatic heterocycles. The highest BCUT2D eigenvalue weighted by Crippen LogP contribution is 2.23. The van der Waals surface area contributed by atoms with Crippen molar-refractivity contribution in [1.29, 1.82) is 0 Å². The van der Waals surface area contributed by atoms with E-state index in [9.17, 15) is 4.79 Å². The van der Waals surface area contributed by atoms with Crippen molar-refractivity contribution in [2.75, 3.05) is 13.2 Å². The molecule has 4 nitrogen and oxygen atoms in total. The Balaban J connectivity index is 2.11. The molecule has 0 radical (unpaired) electrons. The first kappa shape index (κ1) is 11.1. The zero-order valence-electron chi connectivity index (χ0n) is 8.89. The number of hydrogen-bond donors (Lipinski definition) is 1. The number of rotatable bonds is 3. The van der Waals surface area contributed by atoms with Crippen molar-refractivity contribution in [2.24, 2.45) is 0 Å². The van der Waals surface area contributed by atoms with Crippen molar-refractivity contribution in [3.63, 3.8) is 0 Å². The van der Waals surface area contributed by atoms with Crippen LogP contribution in [0.1, 0.15) is 23.8 Å². The first-order valence-electron chi connectivity index (χ1n) is 5.29. The molecule has 0 saturated carbocycles. The summed E-state index contributed by atoms with van der Waals surface area (Å²) in [7, 11) is 0. The van der Waals surface area contributed by atoms with Crippen LogP contribution < -0.4 is 0 Å². The molecule has 0 aliphatic carbocycles. The highest BCUT2D eigenvalue weighted by molar-refractivity contribution is 5.70. The monoisotopic (exact) mass is 222 g/mol. The number of ether oxygens (including phenoxy) is 2. The minimum atomic E-state index is -0.831. The third kappa shape index (κ3) is 2.81. The molecular weight excluding hydrogens is 208 g/mol. The lowest BCUT2D eigenvalue weighted by Gasteiger charge is -2.23. The van der Waals surface area contributed by atoms with Gasteiger partial charge in [-0.1, -0.05) is 24.3 Å². The van der Waals surface area contributed by atoms with E-state index in [4.69, 9.17) is 14.6 Å². The predicted molar refractivity (Wildman–Crippen MR) is 57.0 cm³/mol. The first-order valence-corrected chi connectivity index (χ1v) is 5.29. The summed E-state index contributed by atoms with van der Waals surface area (Å²) in [5.74, 6) is -0.831. The number of hydrogen-bond acceptors (Lipinski definition) is 3. The van der Waals surface area contributed by atoms with Crippen LogP contribution >= 0.6 is 0 Å². The maximum Gasteiger partial charge on any atom is 0.307 e. The van der Waals surface area contributed by atoms with Gasteiger partial charge < -0.3 is 14.6 Å². The van der Waals surface area contributed by atoms with Gasteiger partial charge >= 0.3 is 5.97 Å². The second kappa shape index (κ2) is 5.09. The summed E-state index contributed by atoms with van der Waals surface area (Å²) in [6.07, 6.45) is 0.591. The van der Waals surface area contributed by atoms with Crippen LogP contribution in [0.3, 0.4) is 0 Å². The summed E-state index contributed by atoms with van der Waals surface area (Å²) in [6, 6.07) is 7.33. The number of carboxylic acid groups (broad SMARTS) is 1. The van der Waals surface area contributed by atoms with Crippen molar-refractivity contribution in [3.8, 4) is 0 Å². The summed E-state index contributed by atoms with van der Waals surface area (Å²) >= 11 is 0. The Labute approximate surface area is 93.8 Å². The lowest BCUT2D eigenvalue weighted by Crippen LogP contribution is -2.17. The molecule has 0 bridgehead atoms. The van der Waals surface area contributed by atoms with Gasteiger partial charge in [0.05, 0.1) is 19.6 Å². The Morgan fingerprint density at radius 3 is 2.81 bits per heavy atom. The molecule has 16 heavy (non-hydrogen) atoms. The molecule has 0 unspecified atom stereocenters. The second-order valence-electron chi connectivity index (χ2n) is 3.74. The van der Waals surface area contributed by atoms with Crippen molar-refractivity contribution in [1.82, 2.24) is 0 Å². The molecule has 86 valence electrons. The van der Waals surface area contributed by atoms with Crippen molar-refractivity contribution >= 4 is 5.97 Å². The molecular formula is C12H14O4. The van der Waals surface area contributed by atoms with E-state index in [1.807, 2.05) is 18.2 Å². The largest absolute Gasteiger partial charge is 0.481 e. The number of aliphatic carboxylic acids is 1. The van der Waals surface area contributed by atoms with Gasteiger partial charge in [0.2, 0.25) is 0 Å². The highest BCUT2D eigenvalue weighted by Gasteiger charge is 2.16. The molecule has 1 aromatic carbocycles. The molecule has 0 amide bonds. The van der Waals surface area contributed by atoms with Gasteiger partial charge in [-0.2, -0.15) is 0 Å². The van der Waals surface area contributed by atoms with Gasteiger partial charge in [-0.3, -0.25) is 4.79 Å². The summed E-state index contributed by atoms with van der Waals surface area (Å²) in [6.45, 7) is 1.38. The minimum Gasteiger partial charge on any atom is -0.481 e. The fraction of sp³-hybridized carbons (Fsp3) is 0.417. The summed E-state index contributed by atoms with van der Waals surface area (Å²) in [4.78, 5) is 10.6. The van der Waals surface area contributed by atoms with Gasteiger partial charge in [0.15, 0.2) is 6.29 Å². The normalized spacial score (nSPS) is 17.2. The van der Waals surface area contributed by atoms with Crippen LogP contribution in [0.5, 0.6) is 0 Å². The van der Waals surface area contributed by atoms with Crippen molar-refractivity contribution in [3.05, 3.63) is 35.4 Å². The van der Waals surface area contributed by atoms with Crippen LogP contribution in [0, 0.1) is 0 Å². The van der Waals surface area contributed by atoms with E-state index in [2.05, 4.69) is 0 Å². The molecule has 1 aliphatic rings. The van der Waals surface area contributed by atoms with Crippen LogP contribution in [-0.4, -0.2) is 24.3 Å². The van der Waals surface area contributed by atoms with Crippen LogP contribution in [0.25, 0.3) is 0 Å². The molecule has 1 aromatic rings. The Morgan fingerprint density at radius 2 is 2.12 bits per heavy atom. The SMILES string of the molecule is O=C(O)Cc1cccc(C2OCCCO2)c1. The lowest BCUT2D eigenvalue weighted by molar-refractivity contribution is -0.183. The highest BCUT2D eigenvalue weighted by atomic mass is 16.7. The standard InChI is InChI=1S/C12H14O4/c13-11(14)8-9-3-1-4-10(7-9)12-15-5-2-6-16-12/h1,3-4,7,12H,2,5-6,8H2,(H,13,14). The average molecular weight is 222 g/mol. The zero-order chi connectivity index (χ0) is 11.4. The Bertz CT molecular complexity index is 369. The van der Waals surface area contributed by atoms with Crippen LogP contribution in [0.15, 0.2) is 24.3 Å². The van der Waals surface area contributed by atoms with Crippen molar-refractivity contribution in [2.45, 2.75) is 19.1 Å². The Kier molecular flexibility index (Phi) is 3.54. The minimum absolute atomic E-state index is 0.0283. The van der Waals surface area contributed by atoms with Crippen molar-refractivity contribution < 1.29 is 19.4 Å². The molecule has 4 heteroatoms. The van der Waals surface area contributed by atoms with Gasteiger partial charge in [-0.05, 0) is 12.0 Å². The molecule has 1 aliphatic heterocycles. The molecule has 0 spiro atoms. The topological polar surface area (TPSA) is 55.8 Å². The zero-order valence-corrected chi connectivity index (χ0v) is 8.89. The van der Waals surface area contributed by atoms with E-state index in [0.717, 1.165) is 17.5 Å². The fourth-order valence-electron chi connectivity index (χ4n) is 1.70. The van der Waals surface area contributed by atoms with E-state index in [1.165, 1.54) is 0 Å². The lowest BCUT2D eigenvalue weighted by atomic mass is 10.1. The quantitative estimate of drug-likeness (QED) is 0.846. The predicted octanol–water partition coefficient (Wildman–Crippen LogP) is 1.75. The molecule has 1 heterocycles. The van der Waals surface area contributed by atoms with Gasteiger partial charge in [-0.15, -0.1) is 0 Å². The first-order chi connectivity index (χ1) is 7.75. The number of carbonyl (C=O) groups is 1. The van der Waals surface area contributed by atoms with Crippen LogP contribution in [-0.2, 0) is 20.7 Å². The third-order valence-corrected chi connectivity index (χ3v) is 2.41. The third-order valence-electron chi connectivity index (χ3n) is 2.41.